The van der Waals surface area contributed by atoms with Crippen LogP contribution in [0, 0.1) is 6.92 Å². The fourth-order valence-corrected chi connectivity index (χ4v) is 1.70. The Morgan fingerprint density at radius 1 is 1.58 bits per heavy atom. The summed E-state index contributed by atoms with van der Waals surface area (Å²) in [5, 5.41) is 0.423. The Bertz CT molecular complexity index is 276. The first-order chi connectivity index (χ1) is 5.66. The van der Waals surface area contributed by atoms with Gasteiger partial charge in [0.05, 0.1) is 0 Å². The maximum Gasteiger partial charge on any atom is 0.280 e. The zero-order valence-corrected chi connectivity index (χ0v) is 8.11. The van der Waals surface area contributed by atoms with E-state index in [1.807, 2.05) is 0 Å². The highest BCUT2D eigenvalue weighted by molar-refractivity contribution is 9.08. The molecule has 0 fully saturated rings. The number of rotatable bonds is 2. The van der Waals surface area contributed by atoms with E-state index in [1.54, 1.807) is 13.0 Å². The molecule has 0 radical (unpaired) electrons. The molecule has 1 aromatic heterocycles. The number of halogens is 3. The van der Waals surface area contributed by atoms with Crippen LogP contribution in [0.2, 0.25) is 0 Å². The lowest BCUT2D eigenvalue weighted by Gasteiger charge is -2.07. The van der Waals surface area contributed by atoms with Crippen molar-refractivity contribution in [2.24, 2.45) is 0 Å². The van der Waals surface area contributed by atoms with Crippen LogP contribution < -0.4 is 0 Å². The number of aryl methyl sites for hydroxylation is 1. The average molecular weight is 236 g/mol. The van der Waals surface area contributed by atoms with E-state index in [4.69, 9.17) is 0 Å². The molecule has 1 rings (SSSR count). The number of hydrogen-bond acceptors (Lipinski definition) is 1. The Kier molecular flexibility index (Phi) is 3.14. The molecule has 4 heteroatoms. The second-order valence-electron chi connectivity index (χ2n) is 2.43. The quantitative estimate of drug-likeness (QED) is 0.718. The van der Waals surface area contributed by atoms with Gasteiger partial charge < -0.3 is 0 Å². The van der Waals surface area contributed by atoms with Gasteiger partial charge in [0.25, 0.3) is 6.43 Å². The Hall–Kier alpha value is -0.510. The van der Waals surface area contributed by atoms with Gasteiger partial charge in [-0.2, -0.15) is 0 Å². The highest BCUT2D eigenvalue weighted by Gasteiger charge is 2.14. The van der Waals surface area contributed by atoms with Gasteiger partial charge in [0.1, 0.15) is 5.69 Å². The normalized spacial score (nSPS) is 10.8. The van der Waals surface area contributed by atoms with Crippen molar-refractivity contribution in [1.82, 2.24) is 4.98 Å². The Morgan fingerprint density at radius 3 is 2.67 bits per heavy atom. The maximum absolute atomic E-state index is 12.3. The van der Waals surface area contributed by atoms with Crippen molar-refractivity contribution < 1.29 is 8.78 Å². The van der Waals surface area contributed by atoms with E-state index in [-0.39, 0.29) is 5.69 Å². The number of alkyl halides is 3. The van der Waals surface area contributed by atoms with Crippen molar-refractivity contribution in [3.05, 3.63) is 29.1 Å². The van der Waals surface area contributed by atoms with Crippen molar-refractivity contribution in [2.75, 3.05) is 0 Å². The number of nitrogens with zero attached hydrogens (tertiary/aromatic N) is 1. The molecular weight excluding hydrogens is 228 g/mol. The Labute approximate surface area is 77.9 Å². The Balaban J connectivity index is 3.18. The summed E-state index contributed by atoms with van der Waals surface area (Å²) >= 11 is 3.15. The summed E-state index contributed by atoms with van der Waals surface area (Å²) in [6, 6.07) is 1.72. The first-order valence-corrected chi connectivity index (χ1v) is 4.57. The van der Waals surface area contributed by atoms with Crippen LogP contribution in [0.1, 0.15) is 23.2 Å². The monoisotopic (exact) mass is 235 g/mol. The minimum absolute atomic E-state index is 0.119. The van der Waals surface area contributed by atoms with E-state index < -0.39 is 6.43 Å². The van der Waals surface area contributed by atoms with Crippen LogP contribution in [-0.2, 0) is 5.33 Å². The first-order valence-electron chi connectivity index (χ1n) is 3.45. The van der Waals surface area contributed by atoms with E-state index >= 15 is 0 Å². The van der Waals surface area contributed by atoms with Gasteiger partial charge in [-0.05, 0) is 24.1 Å². The van der Waals surface area contributed by atoms with Gasteiger partial charge in [-0.25, -0.2) is 8.78 Å². The van der Waals surface area contributed by atoms with E-state index in [0.717, 1.165) is 5.56 Å². The first kappa shape index (κ1) is 9.58. The fourth-order valence-electron chi connectivity index (χ4n) is 0.972. The molecule has 66 valence electrons. The predicted octanol–water partition coefficient (Wildman–Crippen LogP) is 3.22. The minimum atomic E-state index is -2.49. The fraction of sp³-hybridized carbons (Fsp3) is 0.375. The van der Waals surface area contributed by atoms with Crippen molar-refractivity contribution in [3.8, 4) is 0 Å². The summed E-state index contributed by atoms with van der Waals surface area (Å²) in [6.45, 7) is 1.80. The highest BCUT2D eigenvalue weighted by atomic mass is 79.9. The summed E-state index contributed by atoms with van der Waals surface area (Å²) in [7, 11) is 0. The van der Waals surface area contributed by atoms with Crippen LogP contribution in [0.25, 0.3) is 0 Å². The van der Waals surface area contributed by atoms with Crippen molar-refractivity contribution >= 4 is 15.9 Å². The van der Waals surface area contributed by atoms with Gasteiger partial charge in [-0.1, -0.05) is 15.9 Å². The molecule has 1 nitrogen and oxygen atoms in total. The molecule has 1 heterocycles. The molecule has 0 aromatic carbocycles. The molecule has 0 saturated carbocycles. The zero-order valence-electron chi connectivity index (χ0n) is 6.52. The van der Waals surface area contributed by atoms with E-state index in [1.165, 1.54) is 6.20 Å². The van der Waals surface area contributed by atoms with Gasteiger partial charge >= 0.3 is 0 Å². The standard InChI is InChI=1S/C8H8BrF2N/c1-5-2-3-12-7(8(10)11)6(5)4-9/h2-3,8H,4H2,1H3. The van der Waals surface area contributed by atoms with Crippen LogP contribution in [0.3, 0.4) is 0 Å². The third kappa shape index (κ3) is 1.80. The Morgan fingerprint density at radius 2 is 2.25 bits per heavy atom. The summed E-state index contributed by atoms with van der Waals surface area (Å²) in [6.07, 6.45) is -1.08. The summed E-state index contributed by atoms with van der Waals surface area (Å²) in [5.74, 6) is 0. The number of aromatic nitrogens is 1. The van der Waals surface area contributed by atoms with Crippen LogP contribution in [0.4, 0.5) is 8.78 Å². The van der Waals surface area contributed by atoms with Gasteiger partial charge in [0.2, 0.25) is 0 Å². The average Bonchev–Trinajstić information content (AvgIpc) is 2.03. The van der Waals surface area contributed by atoms with Gasteiger partial charge in [0, 0.05) is 11.5 Å². The molecule has 0 unspecified atom stereocenters. The second-order valence-corrected chi connectivity index (χ2v) is 2.99. The SMILES string of the molecule is Cc1ccnc(C(F)F)c1CBr. The van der Waals surface area contributed by atoms with Crippen LogP contribution in [-0.4, -0.2) is 4.98 Å². The lowest BCUT2D eigenvalue weighted by atomic mass is 10.1. The number of hydrogen-bond donors (Lipinski definition) is 0. The van der Waals surface area contributed by atoms with E-state index in [0.29, 0.717) is 10.9 Å². The predicted molar refractivity (Wildman–Crippen MR) is 46.6 cm³/mol. The van der Waals surface area contributed by atoms with Gasteiger partial charge in [-0.15, -0.1) is 0 Å². The lowest BCUT2D eigenvalue weighted by molar-refractivity contribution is 0.145. The van der Waals surface area contributed by atoms with Crippen molar-refractivity contribution in [2.45, 2.75) is 18.7 Å². The smallest absolute Gasteiger partial charge is 0.255 e. The molecule has 0 saturated heterocycles. The van der Waals surface area contributed by atoms with E-state index in [9.17, 15) is 8.78 Å². The molecule has 0 aliphatic heterocycles. The lowest BCUT2D eigenvalue weighted by Crippen LogP contribution is -1.98. The molecule has 12 heavy (non-hydrogen) atoms. The third-order valence-corrected chi connectivity index (χ3v) is 2.22. The van der Waals surface area contributed by atoms with Crippen LogP contribution in [0.15, 0.2) is 12.3 Å². The van der Waals surface area contributed by atoms with Crippen LogP contribution >= 0.6 is 15.9 Å². The maximum atomic E-state index is 12.3. The second kappa shape index (κ2) is 3.94. The molecular formula is C8H8BrF2N. The molecule has 0 aliphatic carbocycles. The minimum Gasteiger partial charge on any atom is -0.255 e. The highest BCUT2D eigenvalue weighted by Crippen LogP contribution is 2.24. The summed E-state index contributed by atoms with van der Waals surface area (Å²) < 4.78 is 24.6. The molecule has 0 N–H and O–H groups in total. The van der Waals surface area contributed by atoms with Gasteiger partial charge in [0.15, 0.2) is 0 Å². The third-order valence-electron chi connectivity index (χ3n) is 1.66. The van der Waals surface area contributed by atoms with Gasteiger partial charge in [-0.3, -0.25) is 4.98 Å². The van der Waals surface area contributed by atoms with Crippen molar-refractivity contribution in [1.29, 1.82) is 0 Å². The van der Waals surface area contributed by atoms with Crippen molar-refractivity contribution in [3.63, 3.8) is 0 Å². The summed E-state index contributed by atoms with van der Waals surface area (Å²) in [5.41, 5.74) is 1.32. The molecule has 0 amide bonds. The van der Waals surface area contributed by atoms with Crippen LogP contribution in [0.5, 0.6) is 0 Å². The summed E-state index contributed by atoms with van der Waals surface area (Å²) in [4.78, 5) is 3.63. The molecule has 0 spiro atoms. The number of pyridine rings is 1. The molecule has 0 aliphatic rings. The topological polar surface area (TPSA) is 12.9 Å². The molecule has 1 aromatic rings. The largest absolute Gasteiger partial charge is 0.280 e. The molecule has 0 bridgehead atoms. The zero-order chi connectivity index (χ0) is 9.14. The molecule has 0 atom stereocenters. The van der Waals surface area contributed by atoms with E-state index in [2.05, 4.69) is 20.9 Å².